The largest absolute Gasteiger partial charge is 0.454 e. The van der Waals surface area contributed by atoms with Crippen molar-refractivity contribution in [3.05, 3.63) is 0 Å². The fourth-order valence-corrected chi connectivity index (χ4v) is 8.05. The smallest absolute Gasteiger partial charge is 0.303 e. The molecule has 25 heavy (non-hydrogen) atoms. The van der Waals surface area contributed by atoms with Crippen LogP contribution in [0.1, 0.15) is 65.7 Å². The predicted octanol–water partition coefficient (Wildman–Crippen LogP) is 3.32. The van der Waals surface area contributed by atoms with Crippen molar-refractivity contribution in [3.63, 3.8) is 0 Å². The van der Waals surface area contributed by atoms with Crippen LogP contribution in [-0.4, -0.2) is 23.6 Å². The highest BCUT2D eigenvalue weighted by atomic mass is 16.5. The van der Waals surface area contributed by atoms with E-state index in [0.29, 0.717) is 24.0 Å². The molecule has 0 aromatic rings. The molecule has 5 saturated carbocycles. The van der Waals surface area contributed by atoms with Crippen molar-refractivity contribution >= 4 is 17.5 Å². The molecular formula is C21H28O4. The Labute approximate surface area is 149 Å². The van der Waals surface area contributed by atoms with Crippen LogP contribution in [-0.2, 0) is 19.1 Å². The predicted molar refractivity (Wildman–Crippen MR) is 90.5 cm³/mol. The van der Waals surface area contributed by atoms with E-state index in [4.69, 9.17) is 4.74 Å². The molecule has 1 spiro atoms. The Bertz CT molecular complexity index is 698. The average molecular weight is 344 g/mol. The second-order valence-electron chi connectivity index (χ2n) is 9.93. The van der Waals surface area contributed by atoms with Crippen molar-refractivity contribution in [2.45, 2.75) is 71.8 Å². The number of carbonyl (C=O) groups is 3. The topological polar surface area (TPSA) is 60.4 Å². The normalized spacial score (nSPS) is 55.9. The number of fused-ring (bicyclic) bond motifs is 4. The summed E-state index contributed by atoms with van der Waals surface area (Å²) in [6.07, 6.45) is 6.05. The zero-order chi connectivity index (χ0) is 17.8. The molecule has 5 aliphatic rings. The zero-order valence-electron chi connectivity index (χ0n) is 15.5. The summed E-state index contributed by atoms with van der Waals surface area (Å²) in [6, 6.07) is 0. The molecular weight excluding hydrogens is 316 g/mol. The van der Waals surface area contributed by atoms with Gasteiger partial charge in [0, 0.05) is 30.1 Å². The van der Waals surface area contributed by atoms with Gasteiger partial charge in [-0.3, -0.25) is 14.4 Å². The third-order valence-corrected chi connectivity index (χ3v) is 9.34. The average Bonchev–Trinajstić information content (AvgIpc) is 3.12. The quantitative estimate of drug-likeness (QED) is 0.685. The zero-order valence-corrected chi connectivity index (χ0v) is 15.5. The Morgan fingerprint density at radius 2 is 1.84 bits per heavy atom. The fraction of sp³-hybridized carbons (Fsp3) is 0.857. The van der Waals surface area contributed by atoms with Gasteiger partial charge in [-0.2, -0.15) is 0 Å². The van der Waals surface area contributed by atoms with Gasteiger partial charge in [0.25, 0.3) is 0 Å². The number of ether oxygens (including phenoxy) is 1. The van der Waals surface area contributed by atoms with E-state index < -0.39 is 6.10 Å². The van der Waals surface area contributed by atoms with Crippen LogP contribution in [0.5, 0.6) is 0 Å². The van der Waals surface area contributed by atoms with Crippen molar-refractivity contribution in [2.24, 2.45) is 39.9 Å². The van der Waals surface area contributed by atoms with Crippen LogP contribution in [0.3, 0.4) is 0 Å². The highest BCUT2D eigenvalue weighted by molar-refractivity contribution is 5.96. The van der Waals surface area contributed by atoms with E-state index in [-0.39, 0.29) is 39.8 Å². The monoisotopic (exact) mass is 344 g/mol. The van der Waals surface area contributed by atoms with E-state index in [0.717, 1.165) is 38.5 Å². The second kappa shape index (κ2) is 4.55. The molecule has 0 amide bonds. The SMILES string of the molecule is CC(=O)O[C@@H]1C(=O)[C@]23C[C@@H]2CC[C@]3(C)[C@H]2CC[C@]3(C)C(=O)CC[C@H]3[C@H]12. The van der Waals surface area contributed by atoms with Crippen molar-refractivity contribution in [1.82, 2.24) is 0 Å². The van der Waals surface area contributed by atoms with Crippen LogP contribution in [0.2, 0.25) is 0 Å². The third-order valence-electron chi connectivity index (χ3n) is 9.34. The van der Waals surface area contributed by atoms with Crippen molar-refractivity contribution < 1.29 is 19.1 Å². The van der Waals surface area contributed by atoms with E-state index in [1.807, 2.05) is 0 Å². The minimum Gasteiger partial charge on any atom is -0.454 e. The van der Waals surface area contributed by atoms with Crippen LogP contribution in [0, 0.1) is 39.9 Å². The maximum Gasteiger partial charge on any atom is 0.303 e. The van der Waals surface area contributed by atoms with E-state index in [2.05, 4.69) is 13.8 Å². The molecule has 8 atom stereocenters. The summed E-state index contributed by atoms with van der Waals surface area (Å²) in [7, 11) is 0. The standard InChI is InChI=1S/C21H28O4/c1-11(22)25-17-16-13-4-5-15(23)19(13,2)8-7-14(16)20(3)9-6-12-10-21(12,20)18(17)24/h12-14,16-17H,4-10H2,1-3H3/t12-,13-,14-,16-,17-,19-,20+,21-/m0/s1. The van der Waals surface area contributed by atoms with Gasteiger partial charge in [0.1, 0.15) is 5.78 Å². The van der Waals surface area contributed by atoms with Crippen LogP contribution in [0.15, 0.2) is 0 Å². The first kappa shape index (κ1) is 16.0. The molecule has 0 saturated heterocycles. The van der Waals surface area contributed by atoms with E-state index in [1.165, 1.54) is 6.92 Å². The summed E-state index contributed by atoms with van der Waals surface area (Å²) in [6.45, 7) is 5.84. The molecule has 5 fully saturated rings. The number of rotatable bonds is 1. The van der Waals surface area contributed by atoms with Crippen LogP contribution in [0.25, 0.3) is 0 Å². The Morgan fingerprint density at radius 3 is 2.52 bits per heavy atom. The number of ketones is 2. The van der Waals surface area contributed by atoms with Crippen molar-refractivity contribution in [3.8, 4) is 0 Å². The van der Waals surface area contributed by atoms with Gasteiger partial charge < -0.3 is 4.74 Å². The highest BCUT2D eigenvalue weighted by Gasteiger charge is 2.80. The molecule has 0 aromatic heterocycles. The number of carbonyl (C=O) groups excluding carboxylic acids is 3. The maximum absolute atomic E-state index is 13.6. The van der Waals surface area contributed by atoms with Gasteiger partial charge in [-0.25, -0.2) is 0 Å². The molecule has 5 rings (SSSR count). The lowest BCUT2D eigenvalue weighted by Gasteiger charge is -2.58. The Hall–Kier alpha value is -1.19. The maximum atomic E-state index is 13.6. The highest BCUT2D eigenvalue weighted by Crippen LogP contribution is 2.80. The Balaban J connectivity index is 1.63. The molecule has 0 unspecified atom stereocenters. The lowest BCUT2D eigenvalue weighted by molar-refractivity contribution is -0.189. The molecule has 0 heterocycles. The summed E-state index contributed by atoms with van der Waals surface area (Å²) in [4.78, 5) is 38.0. The van der Waals surface area contributed by atoms with E-state index in [9.17, 15) is 14.4 Å². The first-order valence-electron chi connectivity index (χ1n) is 10.0. The fourth-order valence-electron chi connectivity index (χ4n) is 8.05. The first-order valence-corrected chi connectivity index (χ1v) is 10.0. The van der Waals surface area contributed by atoms with Gasteiger partial charge in [-0.05, 0) is 61.7 Å². The van der Waals surface area contributed by atoms with Gasteiger partial charge in [-0.15, -0.1) is 0 Å². The van der Waals surface area contributed by atoms with Crippen LogP contribution >= 0.6 is 0 Å². The second-order valence-corrected chi connectivity index (χ2v) is 9.93. The minimum atomic E-state index is -0.616. The number of Topliss-reactive ketones (excluding diaryl/α,β-unsaturated/α-hetero) is 2. The minimum absolute atomic E-state index is 0.0385. The molecule has 0 bridgehead atoms. The number of hydrogen-bond donors (Lipinski definition) is 0. The first-order chi connectivity index (χ1) is 11.8. The molecule has 0 aliphatic heterocycles. The van der Waals surface area contributed by atoms with Crippen LogP contribution in [0.4, 0.5) is 0 Å². The molecule has 0 N–H and O–H groups in total. The van der Waals surface area contributed by atoms with Gasteiger partial charge in [0.2, 0.25) is 0 Å². The van der Waals surface area contributed by atoms with Crippen molar-refractivity contribution in [2.75, 3.05) is 0 Å². The molecule has 0 aromatic carbocycles. The Morgan fingerprint density at radius 1 is 1.08 bits per heavy atom. The summed E-state index contributed by atoms with van der Waals surface area (Å²) in [5, 5.41) is 0. The lowest BCUT2D eigenvalue weighted by atomic mass is 9.45. The summed E-state index contributed by atoms with van der Waals surface area (Å²) in [5.41, 5.74) is -0.504. The molecule has 4 heteroatoms. The number of esters is 1. The van der Waals surface area contributed by atoms with E-state index in [1.54, 1.807) is 0 Å². The lowest BCUT2D eigenvalue weighted by Crippen LogP contribution is -2.62. The van der Waals surface area contributed by atoms with Gasteiger partial charge in [-0.1, -0.05) is 13.8 Å². The summed E-state index contributed by atoms with van der Waals surface area (Å²) in [5.74, 6) is 1.33. The molecule has 4 nitrogen and oxygen atoms in total. The van der Waals surface area contributed by atoms with Crippen molar-refractivity contribution in [1.29, 1.82) is 0 Å². The Kier molecular flexibility index (Phi) is 2.92. The molecule has 5 aliphatic carbocycles. The van der Waals surface area contributed by atoms with E-state index >= 15 is 0 Å². The van der Waals surface area contributed by atoms with Crippen LogP contribution < -0.4 is 0 Å². The van der Waals surface area contributed by atoms with Gasteiger partial charge in [0.05, 0.1) is 0 Å². The summed E-state index contributed by atoms with van der Waals surface area (Å²) >= 11 is 0. The van der Waals surface area contributed by atoms with Gasteiger partial charge in [0.15, 0.2) is 11.9 Å². The summed E-state index contributed by atoms with van der Waals surface area (Å²) < 4.78 is 5.71. The number of hydrogen-bond acceptors (Lipinski definition) is 4. The molecule has 136 valence electrons. The third kappa shape index (κ3) is 1.63. The van der Waals surface area contributed by atoms with Gasteiger partial charge >= 0.3 is 5.97 Å². The molecule has 0 radical (unpaired) electrons.